The average Bonchev–Trinajstić information content (AvgIpc) is 3.02. The maximum atomic E-state index is 8.36. The van der Waals surface area contributed by atoms with Crippen LogP contribution in [0, 0.1) is 19.8 Å². The van der Waals surface area contributed by atoms with Crippen molar-refractivity contribution < 1.29 is 9.90 Å². The maximum absolute atomic E-state index is 8.36. The van der Waals surface area contributed by atoms with Gasteiger partial charge >= 0.3 is 0 Å². The molecule has 1 saturated carbocycles. The number of piperidine rings is 1. The third-order valence-electron chi connectivity index (χ3n) is 6.43. The van der Waals surface area contributed by atoms with Crippen molar-refractivity contribution in [1.82, 2.24) is 24.6 Å². The molecule has 2 atom stereocenters. The fourth-order valence-electron chi connectivity index (χ4n) is 4.81. The molecule has 33 heavy (non-hydrogen) atoms. The van der Waals surface area contributed by atoms with Crippen molar-refractivity contribution in [2.75, 3.05) is 25.4 Å². The number of thioether (sulfide) groups is 1. The monoisotopic (exact) mass is 549 g/mol. The first-order chi connectivity index (χ1) is 15.9. The van der Waals surface area contributed by atoms with Gasteiger partial charge in [0.2, 0.25) is 0 Å². The Labute approximate surface area is 210 Å². The number of thiazole rings is 1. The van der Waals surface area contributed by atoms with Gasteiger partial charge in [0.05, 0.1) is 15.6 Å². The second-order valence-corrected chi connectivity index (χ2v) is 11.8. The van der Waals surface area contributed by atoms with Gasteiger partial charge in [-0.15, -0.1) is 21.5 Å². The highest BCUT2D eigenvalue weighted by Crippen LogP contribution is 2.59. The summed E-state index contributed by atoms with van der Waals surface area (Å²) >= 11 is 7.06. The molecule has 2 aliphatic rings. The number of carboxylic acid groups (broad SMARTS) is 1. The van der Waals surface area contributed by atoms with Gasteiger partial charge in [0.25, 0.3) is 6.47 Å². The molecule has 1 aliphatic heterocycles. The summed E-state index contributed by atoms with van der Waals surface area (Å²) in [6.45, 7) is 7.46. The summed E-state index contributed by atoms with van der Waals surface area (Å²) in [5.41, 5.74) is 2.99. The first-order valence-electron chi connectivity index (χ1n) is 10.9. The minimum atomic E-state index is -0.250. The molecule has 0 radical (unpaired) electrons. The van der Waals surface area contributed by atoms with Crippen LogP contribution in [0.25, 0.3) is 10.7 Å². The largest absolute Gasteiger partial charge is 0.483 e. The second-order valence-electron chi connectivity index (χ2n) is 8.62. The second kappa shape index (κ2) is 10.2. The van der Waals surface area contributed by atoms with Gasteiger partial charge in [-0.25, -0.2) is 4.98 Å². The highest BCUT2D eigenvalue weighted by Gasteiger charge is 2.60. The predicted molar refractivity (Wildman–Crippen MR) is 136 cm³/mol. The highest BCUT2D eigenvalue weighted by molar-refractivity contribution is 9.10. The van der Waals surface area contributed by atoms with Crippen LogP contribution >= 0.6 is 39.0 Å². The van der Waals surface area contributed by atoms with Crippen LogP contribution in [0.4, 0.5) is 0 Å². The lowest BCUT2D eigenvalue weighted by Gasteiger charge is -2.21. The Balaban J connectivity index is 0.000000821. The van der Waals surface area contributed by atoms with Crippen molar-refractivity contribution in [3.05, 3.63) is 45.0 Å². The Bertz CT molecular complexity index is 1120. The molecule has 0 bridgehead atoms. The highest BCUT2D eigenvalue weighted by atomic mass is 79.9. The van der Waals surface area contributed by atoms with Gasteiger partial charge in [0, 0.05) is 35.8 Å². The average molecular weight is 551 g/mol. The number of rotatable bonds is 7. The van der Waals surface area contributed by atoms with Gasteiger partial charge in [-0.05, 0) is 56.8 Å². The number of fused-ring (bicyclic) bond motifs is 1. The lowest BCUT2D eigenvalue weighted by molar-refractivity contribution is -0.122. The van der Waals surface area contributed by atoms with Crippen molar-refractivity contribution >= 4 is 45.5 Å². The number of hydrogen-bond donors (Lipinski definition) is 1. The number of benzene rings is 1. The fourth-order valence-corrected chi connectivity index (χ4v) is 6.85. The predicted octanol–water partition coefficient (Wildman–Crippen LogP) is 4.77. The van der Waals surface area contributed by atoms with Crippen molar-refractivity contribution in [1.29, 1.82) is 0 Å². The Morgan fingerprint density at radius 1 is 1.30 bits per heavy atom. The van der Waals surface area contributed by atoms with Crippen molar-refractivity contribution in [2.24, 2.45) is 13.0 Å². The summed E-state index contributed by atoms with van der Waals surface area (Å²) in [6.07, 6.45) is 2.53. The van der Waals surface area contributed by atoms with E-state index >= 15 is 0 Å². The summed E-state index contributed by atoms with van der Waals surface area (Å²) in [6, 6.07) is 8.98. The Morgan fingerprint density at radius 2 is 2.03 bits per heavy atom. The van der Waals surface area contributed by atoms with E-state index in [0.29, 0.717) is 5.41 Å². The van der Waals surface area contributed by atoms with Crippen molar-refractivity contribution in [2.45, 2.75) is 37.3 Å². The minimum absolute atomic E-state index is 0.250. The molecule has 1 aliphatic carbocycles. The fraction of sp³-hybridized carbons (Fsp3) is 0.478. The third-order valence-corrected chi connectivity index (χ3v) is 9.13. The molecule has 0 unspecified atom stereocenters. The Hall–Kier alpha value is -1.75. The van der Waals surface area contributed by atoms with Crippen LogP contribution in [0.3, 0.4) is 0 Å². The summed E-state index contributed by atoms with van der Waals surface area (Å²) < 4.78 is 3.28. The lowest BCUT2D eigenvalue weighted by atomic mass is 9.95. The van der Waals surface area contributed by atoms with E-state index in [1.165, 1.54) is 42.5 Å². The summed E-state index contributed by atoms with van der Waals surface area (Å²) in [5, 5.41) is 17.8. The molecule has 3 aromatic rings. The van der Waals surface area contributed by atoms with Crippen LogP contribution in [0.15, 0.2) is 33.9 Å². The quantitative estimate of drug-likeness (QED) is 0.258. The van der Waals surface area contributed by atoms with Crippen molar-refractivity contribution in [3.63, 3.8) is 0 Å². The van der Waals surface area contributed by atoms with Gasteiger partial charge in [-0.3, -0.25) is 4.79 Å². The topological polar surface area (TPSA) is 84.1 Å². The standard InChI is InChI=1S/C22H26BrN5S2.CH2O2/c1-14-19(30-15(2)24-14)20-25-26-21(27(20)3)29-10-4-9-28-12-17-11-22(17,13-28)16-5-7-18(23)8-6-16;2-1-3/h5-8,17H,4,9-13H2,1-3H3;1H,(H,2,3)/t17-,22+;/m0./s1. The molecule has 1 saturated heterocycles. The van der Waals surface area contributed by atoms with E-state index in [1.807, 2.05) is 25.6 Å². The van der Waals surface area contributed by atoms with Gasteiger partial charge in [0.1, 0.15) is 0 Å². The molecule has 5 rings (SSSR count). The van der Waals surface area contributed by atoms with E-state index in [4.69, 9.17) is 9.90 Å². The van der Waals surface area contributed by atoms with Crippen LogP contribution in [0.2, 0.25) is 0 Å². The van der Waals surface area contributed by atoms with Gasteiger partial charge in [-0.2, -0.15) is 0 Å². The Morgan fingerprint density at radius 3 is 2.70 bits per heavy atom. The molecule has 0 amide bonds. The van der Waals surface area contributed by atoms with Gasteiger partial charge < -0.3 is 14.6 Å². The molecule has 3 heterocycles. The number of nitrogens with zero attached hydrogens (tertiary/aromatic N) is 5. The summed E-state index contributed by atoms with van der Waals surface area (Å²) in [5.74, 6) is 2.84. The zero-order chi connectivity index (χ0) is 23.6. The van der Waals surface area contributed by atoms with Gasteiger partial charge in [-0.1, -0.05) is 39.8 Å². The molecule has 1 aromatic carbocycles. The van der Waals surface area contributed by atoms with E-state index in [2.05, 4.69) is 71.9 Å². The first-order valence-corrected chi connectivity index (χ1v) is 13.5. The van der Waals surface area contributed by atoms with E-state index in [-0.39, 0.29) is 6.47 Å². The molecule has 10 heteroatoms. The van der Waals surface area contributed by atoms with Gasteiger partial charge in [0.15, 0.2) is 11.0 Å². The van der Waals surface area contributed by atoms with Crippen LogP contribution in [-0.2, 0) is 17.3 Å². The number of likely N-dealkylation sites (tertiary alicyclic amines) is 1. The van der Waals surface area contributed by atoms with E-state index in [9.17, 15) is 0 Å². The third kappa shape index (κ3) is 5.18. The first kappa shape index (κ1) is 24.4. The van der Waals surface area contributed by atoms with E-state index in [1.54, 1.807) is 11.3 Å². The molecule has 0 spiro atoms. The summed E-state index contributed by atoms with van der Waals surface area (Å²) in [7, 11) is 2.06. The Kier molecular flexibility index (Phi) is 7.57. The number of halogens is 1. The molecule has 7 nitrogen and oxygen atoms in total. The SMILES string of the molecule is Cc1nc(C)c(-c2nnc(SCCCN3C[C@@H]4C[C@]4(c4ccc(Br)cc4)C3)n2C)s1.O=CO. The number of aryl methyl sites for hydroxylation is 2. The molecular weight excluding hydrogens is 522 g/mol. The molecular formula is C23H28BrN5O2S2. The zero-order valence-electron chi connectivity index (χ0n) is 19.0. The van der Waals surface area contributed by atoms with Crippen LogP contribution in [-0.4, -0.2) is 61.6 Å². The van der Waals surface area contributed by atoms with Crippen LogP contribution in [0.5, 0.6) is 0 Å². The molecule has 176 valence electrons. The zero-order valence-corrected chi connectivity index (χ0v) is 22.2. The van der Waals surface area contributed by atoms with Crippen LogP contribution < -0.4 is 0 Å². The smallest absolute Gasteiger partial charge is 0.290 e. The maximum Gasteiger partial charge on any atom is 0.290 e. The summed E-state index contributed by atoms with van der Waals surface area (Å²) in [4.78, 5) is 16.7. The number of hydrogen-bond acceptors (Lipinski definition) is 7. The molecule has 2 fully saturated rings. The molecule has 2 aromatic heterocycles. The molecule has 1 N–H and O–H groups in total. The minimum Gasteiger partial charge on any atom is -0.483 e. The van der Waals surface area contributed by atoms with E-state index in [0.717, 1.165) is 38.2 Å². The normalized spacial score (nSPS) is 21.4. The van der Waals surface area contributed by atoms with Crippen molar-refractivity contribution in [3.8, 4) is 10.7 Å². The lowest BCUT2D eigenvalue weighted by Crippen LogP contribution is -2.27. The van der Waals surface area contributed by atoms with E-state index < -0.39 is 0 Å². The van der Waals surface area contributed by atoms with Crippen LogP contribution in [0.1, 0.15) is 29.1 Å². The number of carbonyl (C=O) groups is 1. The number of aromatic nitrogens is 4.